The summed E-state index contributed by atoms with van der Waals surface area (Å²) in [7, 11) is 2.80. The summed E-state index contributed by atoms with van der Waals surface area (Å²) in [6.07, 6.45) is 1.30. The van der Waals surface area contributed by atoms with Crippen molar-refractivity contribution in [3.8, 4) is 5.75 Å². The Morgan fingerprint density at radius 1 is 1.38 bits per heavy atom. The highest BCUT2D eigenvalue weighted by Crippen LogP contribution is 2.21. The van der Waals surface area contributed by atoms with Gasteiger partial charge in [-0.15, -0.1) is 0 Å². The van der Waals surface area contributed by atoms with Crippen LogP contribution in [0.2, 0.25) is 0 Å². The normalized spacial score (nSPS) is 17.3. The SMILES string of the molecule is COC(=O)c1cc(CNC(=O)C2CCCO2)ccc1OC. The van der Waals surface area contributed by atoms with E-state index < -0.39 is 5.97 Å². The van der Waals surface area contributed by atoms with Crippen LogP contribution in [-0.2, 0) is 20.8 Å². The third-order valence-corrected chi connectivity index (χ3v) is 3.36. The molecule has 21 heavy (non-hydrogen) atoms. The van der Waals surface area contributed by atoms with Gasteiger partial charge in [0.25, 0.3) is 0 Å². The average Bonchev–Trinajstić information content (AvgIpc) is 3.06. The van der Waals surface area contributed by atoms with Crippen molar-refractivity contribution in [2.75, 3.05) is 20.8 Å². The minimum Gasteiger partial charge on any atom is -0.496 e. The fourth-order valence-corrected chi connectivity index (χ4v) is 2.22. The summed E-state index contributed by atoms with van der Waals surface area (Å²) in [5.41, 5.74) is 1.13. The topological polar surface area (TPSA) is 73.9 Å². The molecule has 0 radical (unpaired) electrons. The second-order valence-corrected chi connectivity index (χ2v) is 4.75. The standard InChI is InChI=1S/C15H19NO5/c1-19-12-6-5-10(8-11(12)15(18)20-2)9-16-14(17)13-4-3-7-21-13/h5-6,8,13H,3-4,7,9H2,1-2H3,(H,16,17). The molecule has 0 aliphatic carbocycles. The monoisotopic (exact) mass is 293 g/mol. The summed E-state index contributed by atoms with van der Waals surface area (Å²) >= 11 is 0. The van der Waals surface area contributed by atoms with Gasteiger partial charge >= 0.3 is 5.97 Å². The molecule has 1 unspecified atom stereocenters. The molecular formula is C15H19NO5. The first-order valence-electron chi connectivity index (χ1n) is 6.80. The molecule has 2 rings (SSSR count). The highest BCUT2D eigenvalue weighted by Gasteiger charge is 2.23. The molecule has 1 aromatic rings. The minimum absolute atomic E-state index is 0.122. The molecule has 0 saturated carbocycles. The Morgan fingerprint density at radius 2 is 2.19 bits per heavy atom. The summed E-state index contributed by atoms with van der Waals surface area (Å²) < 4.78 is 15.1. The molecule has 1 aliphatic heterocycles. The van der Waals surface area contributed by atoms with E-state index in [2.05, 4.69) is 5.32 Å². The lowest BCUT2D eigenvalue weighted by Crippen LogP contribution is -2.33. The largest absolute Gasteiger partial charge is 0.496 e. The molecule has 1 saturated heterocycles. The van der Waals surface area contributed by atoms with Crippen molar-refractivity contribution in [2.24, 2.45) is 0 Å². The van der Waals surface area contributed by atoms with E-state index in [-0.39, 0.29) is 12.0 Å². The van der Waals surface area contributed by atoms with Gasteiger partial charge in [0.1, 0.15) is 17.4 Å². The van der Waals surface area contributed by atoms with Gasteiger partial charge < -0.3 is 19.5 Å². The molecule has 1 fully saturated rings. The maximum absolute atomic E-state index is 11.9. The van der Waals surface area contributed by atoms with E-state index in [0.717, 1.165) is 18.4 Å². The van der Waals surface area contributed by atoms with E-state index in [4.69, 9.17) is 14.2 Å². The summed E-state index contributed by atoms with van der Waals surface area (Å²) in [5.74, 6) is -0.154. The Hall–Kier alpha value is -2.08. The third kappa shape index (κ3) is 3.72. The van der Waals surface area contributed by atoms with Crippen LogP contribution in [0.15, 0.2) is 18.2 Å². The molecule has 1 aromatic carbocycles. The molecule has 1 heterocycles. The van der Waals surface area contributed by atoms with Gasteiger partial charge in [-0.2, -0.15) is 0 Å². The lowest BCUT2D eigenvalue weighted by Gasteiger charge is -2.12. The Bertz CT molecular complexity index is 523. The van der Waals surface area contributed by atoms with Crippen LogP contribution in [0.5, 0.6) is 5.75 Å². The fraction of sp³-hybridized carbons (Fsp3) is 0.467. The maximum atomic E-state index is 11.9. The number of carbonyl (C=O) groups excluding carboxylic acids is 2. The number of methoxy groups -OCH3 is 2. The highest BCUT2D eigenvalue weighted by atomic mass is 16.5. The van der Waals surface area contributed by atoms with Crippen molar-refractivity contribution >= 4 is 11.9 Å². The average molecular weight is 293 g/mol. The van der Waals surface area contributed by atoms with Gasteiger partial charge in [-0.3, -0.25) is 4.79 Å². The predicted octanol–water partition coefficient (Wildman–Crippen LogP) is 1.28. The lowest BCUT2D eigenvalue weighted by atomic mass is 10.1. The number of hydrogen-bond acceptors (Lipinski definition) is 5. The molecule has 1 N–H and O–H groups in total. The van der Waals surface area contributed by atoms with Crippen LogP contribution in [0.25, 0.3) is 0 Å². The number of hydrogen-bond donors (Lipinski definition) is 1. The first-order chi connectivity index (χ1) is 10.2. The molecular weight excluding hydrogens is 274 g/mol. The van der Waals surface area contributed by atoms with Gasteiger partial charge in [-0.25, -0.2) is 4.79 Å². The van der Waals surface area contributed by atoms with Crippen LogP contribution in [0.3, 0.4) is 0 Å². The number of rotatable bonds is 5. The number of benzene rings is 1. The molecule has 6 nitrogen and oxygen atoms in total. The molecule has 1 aliphatic rings. The second kappa shape index (κ2) is 7.08. The van der Waals surface area contributed by atoms with Crippen molar-refractivity contribution in [1.29, 1.82) is 0 Å². The molecule has 1 amide bonds. The third-order valence-electron chi connectivity index (χ3n) is 3.36. The van der Waals surface area contributed by atoms with Crippen LogP contribution in [0.4, 0.5) is 0 Å². The Labute approximate surface area is 123 Å². The van der Waals surface area contributed by atoms with Gasteiger partial charge in [0.15, 0.2) is 0 Å². The van der Waals surface area contributed by atoms with Crippen molar-refractivity contribution < 1.29 is 23.8 Å². The van der Waals surface area contributed by atoms with E-state index in [1.54, 1.807) is 18.2 Å². The van der Waals surface area contributed by atoms with Crippen LogP contribution >= 0.6 is 0 Å². The van der Waals surface area contributed by atoms with Gasteiger partial charge in [0.2, 0.25) is 5.91 Å². The van der Waals surface area contributed by atoms with Crippen molar-refractivity contribution in [3.63, 3.8) is 0 Å². The smallest absolute Gasteiger partial charge is 0.341 e. The van der Waals surface area contributed by atoms with E-state index >= 15 is 0 Å². The fourth-order valence-electron chi connectivity index (χ4n) is 2.22. The zero-order chi connectivity index (χ0) is 15.2. The number of ether oxygens (including phenoxy) is 3. The van der Waals surface area contributed by atoms with Crippen molar-refractivity contribution in [1.82, 2.24) is 5.32 Å². The number of nitrogens with one attached hydrogen (secondary N) is 1. The Balaban J connectivity index is 2.03. The first kappa shape index (κ1) is 15.3. The van der Waals surface area contributed by atoms with E-state index in [0.29, 0.717) is 24.5 Å². The molecule has 114 valence electrons. The van der Waals surface area contributed by atoms with Crippen LogP contribution in [-0.4, -0.2) is 38.8 Å². The van der Waals surface area contributed by atoms with Gasteiger partial charge in [0.05, 0.1) is 14.2 Å². The Kier molecular flexibility index (Phi) is 5.16. The highest BCUT2D eigenvalue weighted by molar-refractivity contribution is 5.92. The molecule has 6 heteroatoms. The van der Waals surface area contributed by atoms with Gasteiger partial charge in [-0.05, 0) is 30.5 Å². The minimum atomic E-state index is -0.473. The van der Waals surface area contributed by atoms with Crippen LogP contribution < -0.4 is 10.1 Å². The molecule has 0 bridgehead atoms. The number of esters is 1. The van der Waals surface area contributed by atoms with E-state index in [1.807, 2.05) is 0 Å². The quantitative estimate of drug-likeness (QED) is 0.828. The zero-order valence-corrected chi connectivity index (χ0v) is 12.2. The van der Waals surface area contributed by atoms with Crippen molar-refractivity contribution in [2.45, 2.75) is 25.5 Å². The Morgan fingerprint density at radius 3 is 2.81 bits per heavy atom. The maximum Gasteiger partial charge on any atom is 0.341 e. The molecule has 1 atom stereocenters. The van der Waals surface area contributed by atoms with Crippen LogP contribution in [0, 0.1) is 0 Å². The first-order valence-corrected chi connectivity index (χ1v) is 6.80. The summed E-state index contributed by atoms with van der Waals surface area (Å²) in [6, 6.07) is 5.13. The summed E-state index contributed by atoms with van der Waals surface area (Å²) in [5, 5.41) is 2.81. The predicted molar refractivity (Wildman–Crippen MR) is 75.2 cm³/mol. The molecule has 0 aromatic heterocycles. The van der Waals surface area contributed by atoms with E-state index in [1.165, 1.54) is 14.2 Å². The van der Waals surface area contributed by atoms with Crippen LogP contribution in [0.1, 0.15) is 28.8 Å². The van der Waals surface area contributed by atoms with E-state index in [9.17, 15) is 9.59 Å². The second-order valence-electron chi connectivity index (χ2n) is 4.75. The van der Waals surface area contributed by atoms with Gasteiger partial charge in [0, 0.05) is 13.2 Å². The zero-order valence-electron chi connectivity index (χ0n) is 12.2. The summed E-state index contributed by atoms with van der Waals surface area (Å²) in [4.78, 5) is 23.5. The summed E-state index contributed by atoms with van der Waals surface area (Å²) in [6.45, 7) is 0.958. The lowest BCUT2D eigenvalue weighted by molar-refractivity contribution is -0.130. The number of amides is 1. The molecule has 0 spiro atoms. The van der Waals surface area contributed by atoms with Crippen molar-refractivity contribution in [3.05, 3.63) is 29.3 Å². The van der Waals surface area contributed by atoms with Gasteiger partial charge in [-0.1, -0.05) is 6.07 Å². The number of carbonyl (C=O) groups is 2.